The molecule has 0 bridgehead atoms. The lowest BCUT2D eigenvalue weighted by atomic mass is 9.88. The fourth-order valence-electron chi connectivity index (χ4n) is 1.93. The number of rotatable bonds is 6. The van der Waals surface area contributed by atoms with Crippen molar-refractivity contribution in [3.8, 4) is 5.75 Å². The first kappa shape index (κ1) is 17.7. The van der Waals surface area contributed by atoms with Crippen molar-refractivity contribution >= 4 is 24.0 Å². The number of carbonyl (C=O) groups is 1. The molecule has 21 heavy (non-hydrogen) atoms. The first-order valence-electron chi connectivity index (χ1n) is 6.59. The van der Waals surface area contributed by atoms with Crippen LogP contribution >= 0.6 is 12.4 Å². The Bertz CT molecular complexity index is 453. The molecule has 0 aliphatic carbocycles. The van der Waals surface area contributed by atoms with Crippen LogP contribution in [0, 0.1) is 11.8 Å². The maximum Gasteiger partial charge on any atom is 0.272 e. The van der Waals surface area contributed by atoms with Crippen LogP contribution in [0.1, 0.15) is 6.92 Å². The zero-order valence-corrected chi connectivity index (χ0v) is 12.5. The first-order valence-corrected chi connectivity index (χ1v) is 6.59. The average Bonchev–Trinajstić information content (AvgIpc) is 2.35. The Morgan fingerprint density at radius 1 is 1.38 bits per heavy atom. The Labute approximate surface area is 128 Å². The lowest BCUT2D eigenvalue weighted by Gasteiger charge is -2.31. The topological polar surface area (TPSA) is 50.4 Å². The van der Waals surface area contributed by atoms with Gasteiger partial charge < -0.3 is 15.4 Å². The molecule has 1 saturated heterocycles. The number of nitrogens with one attached hydrogen (secondary N) is 2. The molecule has 0 spiro atoms. The van der Waals surface area contributed by atoms with Crippen LogP contribution in [0.15, 0.2) is 24.3 Å². The molecule has 118 valence electrons. The fourth-order valence-corrected chi connectivity index (χ4v) is 1.93. The minimum atomic E-state index is -2.49. The summed E-state index contributed by atoms with van der Waals surface area (Å²) in [5.41, 5.74) is 0.638. The molecule has 2 rings (SSSR count). The Morgan fingerprint density at radius 3 is 2.48 bits per heavy atom. The van der Waals surface area contributed by atoms with E-state index in [0.717, 1.165) is 13.1 Å². The van der Waals surface area contributed by atoms with Gasteiger partial charge in [-0.3, -0.25) is 4.79 Å². The van der Waals surface area contributed by atoms with Gasteiger partial charge in [-0.1, -0.05) is 6.92 Å². The number of halogens is 3. The quantitative estimate of drug-likeness (QED) is 0.847. The van der Waals surface area contributed by atoms with E-state index < -0.39 is 13.0 Å². The molecule has 2 N–H and O–H groups in total. The zero-order chi connectivity index (χ0) is 14.5. The van der Waals surface area contributed by atoms with E-state index in [0.29, 0.717) is 17.4 Å². The number of carbonyl (C=O) groups excluding carboxylic acids is 1. The summed E-state index contributed by atoms with van der Waals surface area (Å²) >= 11 is 0. The van der Waals surface area contributed by atoms with Crippen LogP contribution in [0.5, 0.6) is 5.75 Å². The van der Waals surface area contributed by atoms with E-state index in [4.69, 9.17) is 4.74 Å². The zero-order valence-electron chi connectivity index (χ0n) is 11.6. The molecule has 1 heterocycles. The molecule has 7 heteroatoms. The average molecular weight is 321 g/mol. The number of ether oxygens (including phenoxy) is 1. The maximum absolute atomic E-state index is 12.0. The number of amides is 1. The third-order valence-corrected chi connectivity index (χ3v) is 3.43. The van der Waals surface area contributed by atoms with Crippen LogP contribution < -0.4 is 15.4 Å². The molecule has 1 aromatic rings. The molecule has 1 amide bonds. The summed E-state index contributed by atoms with van der Waals surface area (Å²) in [7, 11) is 0. The molecule has 1 aliphatic rings. The maximum atomic E-state index is 12.0. The van der Waals surface area contributed by atoms with Gasteiger partial charge in [0, 0.05) is 11.6 Å². The Morgan fingerprint density at radius 2 is 2.00 bits per heavy atom. The van der Waals surface area contributed by atoms with Crippen LogP contribution in [0.4, 0.5) is 14.5 Å². The summed E-state index contributed by atoms with van der Waals surface area (Å²) in [6, 6.07) is 6.41. The van der Waals surface area contributed by atoms with E-state index in [1.54, 1.807) is 24.3 Å². The molecule has 0 aromatic heterocycles. The van der Waals surface area contributed by atoms with Gasteiger partial charge in [0.25, 0.3) is 6.43 Å². The van der Waals surface area contributed by atoms with Gasteiger partial charge in [0.05, 0.1) is 0 Å². The molecule has 0 radical (unpaired) electrons. The molecular weight excluding hydrogens is 302 g/mol. The second-order valence-corrected chi connectivity index (χ2v) is 4.92. The van der Waals surface area contributed by atoms with Crippen molar-refractivity contribution in [2.45, 2.75) is 13.3 Å². The van der Waals surface area contributed by atoms with E-state index in [9.17, 15) is 13.6 Å². The van der Waals surface area contributed by atoms with Gasteiger partial charge >= 0.3 is 0 Å². The number of benzene rings is 1. The standard InChI is InChI=1S/C14H18F2N2O2.ClH/c1-9(10-6-17-7-10)14(19)18-11-2-4-12(5-3-11)20-8-13(15)16;/h2-5,9-10,13,17H,6-8H2,1H3,(H,18,19);1H. The summed E-state index contributed by atoms with van der Waals surface area (Å²) in [4.78, 5) is 12.0. The van der Waals surface area contributed by atoms with Crippen LogP contribution in [-0.2, 0) is 4.79 Å². The van der Waals surface area contributed by atoms with Crippen molar-refractivity contribution in [3.05, 3.63) is 24.3 Å². The van der Waals surface area contributed by atoms with Crippen molar-refractivity contribution in [2.75, 3.05) is 25.0 Å². The van der Waals surface area contributed by atoms with E-state index >= 15 is 0 Å². The lowest BCUT2D eigenvalue weighted by molar-refractivity contribution is -0.121. The Kier molecular flexibility index (Phi) is 6.84. The summed E-state index contributed by atoms with van der Waals surface area (Å²) in [5, 5.41) is 5.95. The lowest BCUT2D eigenvalue weighted by Crippen LogP contribution is -2.48. The van der Waals surface area contributed by atoms with Crippen molar-refractivity contribution in [2.24, 2.45) is 11.8 Å². The molecule has 1 aliphatic heterocycles. The third-order valence-electron chi connectivity index (χ3n) is 3.43. The minimum absolute atomic E-state index is 0. The summed E-state index contributed by atoms with van der Waals surface area (Å²) in [6.45, 7) is 3.02. The van der Waals surface area contributed by atoms with Crippen molar-refractivity contribution < 1.29 is 18.3 Å². The Hall–Kier alpha value is -1.40. The van der Waals surface area contributed by atoms with Crippen molar-refractivity contribution in [1.29, 1.82) is 0 Å². The monoisotopic (exact) mass is 320 g/mol. The van der Waals surface area contributed by atoms with Gasteiger partial charge in [0.2, 0.25) is 5.91 Å². The minimum Gasteiger partial charge on any atom is -0.488 e. The van der Waals surface area contributed by atoms with Crippen molar-refractivity contribution in [1.82, 2.24) is 5.32 Å². The summed E-state index contributed by atoms with van der Waals surface area (Å²) in [5.74, 6) is 0.659. The largest absolute Gasteiger partial charge is 0.488 e. The molecule has 4 nitrogen and oxygen atoms in total. The molecule has 1 aromatic carbocycles. The molecule has 1 fully saturated rings. The number of alkyl halides is 2. The third kappa shape index (κ3) is 5.13. The number of hydrogen-bond donors (Lipinski definition) is 2. The molecular formula is C14H19ClF2N2O2. The van der Waals surface area contributed by atoms with E-state index in [1.807, 2.05) is 6.92 Å². The van der Waals surface area contributed by atoms with Gasteiger partial charge in [0.1, 0.15) is 12.4 Å². The molecule has 1 unspecified atom stereocenters. The highest BCUT2D eigenvalue weighted by atomic mass is 35.5. The Balaban J connectivity index is 0.00000220. The highest BCUT2D eigenvalue weighted by Crippen LogP contribution is 2.20. The van der Waals surface area contributed by atoms with Gasteiger partial charge in [-0.05, 0) is 43.3 Å². The highest BCUT2D eigenvalue weighted by Gasteiger charge is 2.28. The number of anilines is 1. The molecule has 1 atom stereocenters. The summed E-state index contributed by atoms with van der Waals surface area (Å²) in [6.07, 6.45) is -2.49. The van der Waals surface area contributed by atoms with Crippen molar-refractivity contribution in [3.63, 3.8) is 0 Å². The predicted molar refractivity (Wildman–Crippen MR) is 79.3 cm³/mol. The molecule has 0 saturated carbocycles. The van der Waals surface area contributed by atoms with E-state index in [2.05, 4.69) is 10.6 Å². The fraction of sp³-hybridized carbons (Fsp3) is 0.500. The predicted octanol–water partition coefficient (Wildman–Crippen LogP) is 2.55. The van der Waals surface area contributed by atoms with Gasteiger partial charge in [0.15, 0.2) is 0 Å². The summed E-state index contributed by atoms with van der Waals surface area (Å²) < 4.78 is 28.8. The van der Waals surface area contributed by atoms with E-state index in [-0.39, 0.29) is 24.2 Å². The smallest absolute Gasteiger partial charge is 0.272 e. The first-order chi connectivity index (χ1) is 9.56. The van der Waals surface area contributed by atoms with Crippen LogP contribution in [0.3, 0.4) is 0 Å². The number of hydrogen-bond acceptors (Lipinski definition) is 3. The normalized spacial score (nSPS) is 15.8. The SMILES string of the molecule is CC(C(=O)Nc1ccc(OCC(F)F)cc1)C1CNC1.Cl. The van der Waals surface area contributed by atoms with E-state index in [1.165, 1.54) is 0 Å². The van der Waals surface area contributed by atoms with Gasteiger partial charge in [-0.15, -0.1) is 12.4 Å². The van der Waals surface area contributed by atoms with Gasteiger partial charge in [-0.2, -0.15) is 0 Å². The van der Waals surface area contributed by atoms with Crippen LogP contribution in [-0.4, -0.2) is 32.0 Å². The second kappa shape index (κ2) is 8.14. The second-order valence-electron chi connectivity index (χ2n) is 4.92. The van der Waals surface area contributed by atoms with Gasteiger partial charge in [-0.25, -0.2) is 8.78 Å². The van der Waals surface area contributed by atoms with Crippen LogP contribution in [0.25, 0.3) is 0 Å². The van der Waals surface area contributed by atoms with Crippen LogP contribution in [0.2, 0.25) is 0 Å². The highest BCUT2D eigenvalue weighted by molar-refractivity contribution is 5.92.